The molecule has 1 saturated heterocycles. The van der Waals surface area contributed by atoms with Crippen LogP contribution in [0, 0.1) is 11.3 Å². The lowest BCUT2D eigenvalue weighted by Gasteiger charge is -2.34. The molecule has 2 heterocycles. The summed E-state index contributed by atoms with van der Waals surface area (Å²) < 4.78 is 39.3. The maximum Gasteiger partial charge on any atom is 0.417 e. The highest BCUT2D eigenvalue weighted by Crippen LogP contribution is 2.36. The largest absolute Gasteiger partial charge is 0.417 e. The fourth-order valence-electron chi connectivity index (χ4n) is 3.00. The number of aromatic nitrogens is 2. The minimum absolute atomic E-state index is 0.170. The van der Waals surface area contributed by atoms with Crippen molar-refractivity contribution in [3.8, 4) is 6.07 Å². The van der Waals surface area contributed by atoms with Gasteiger partial charge in [0.1, 0.15) is 5.82 Å². The molecule has 1 aliphatic rings. The van der Waals surface area contributed by atoms with Crippen molar-refractivity contribution >= 4 is 5.69 Å². The maximum atomic E-state index is 13.1. The second-order valence-corrected chi connectivity index (χ2v) is 5.60. The van der Waals surface area contributed by atoms with Crippen molar-refractivity contribution in [1.29, 1.82) is 5.26 Å². The molecule has 2 aromatic rings. The number of halogens is 3. The van der Waals surface area contributed by atoms with E-state index < -0.39 is 11.7 Å². The van der Waals surface area contributed by atoms with E-state index in [-0.39, 0.29) is 11.5 Å². The van der Waals surface area contributed by atoms with E-state index >= 15 is 0 Å². The molecule has 0 spiro atoms. The van der Waals surface area contributed by atoms with Gasteiger partial charge in [-0.3, -0.25) is 0 Å². The number of benzene rings is 1. The summed E-state index contributed by atoms with van der Waals surface area (Å²) >= 11 is 0. The molecule has 1 aromatic carbocycles. The normalized spacial score (nSPS) is 18.7. The molecule has 1 N–H and O–H groups in total. The quantitative estimate of drug-likeness (QED) is 0.918. The van der Waals surface area contributed by atoms with Crippen LogP contribution in [0.25, 0.3) is 0 Å². The van der Waals surface area contributed by atoms with Crippen LogP contribution in [-0.2, 0) is 6.18 Å². The van der Waals surface area contributed by atoms with Crippen LogP contribution in [0.2, 0.25) is 0 Å². The fourth-order valence-corrected chi connectivity index (χ4v) is 3.00. The number of rotatable bonds is 2. The van der Waals surface area contributed by atoms with Gasteiger partial charge in [0.05, 0.1) is 17.2 Å². The number of imidazole rings is 1. The van der Waals surface area contributed by atoms with Crippen molar-refractivity contribution < 1.29 is 13.2 Å². The molecule has 0 radical (unpaired) electrons. The minimum atomic E-state index is -4.53. The fraction of sp³-hybridized carbons (Fsp3) is 0.375. The standard InChI is InChI=1S/C16H15F3N4/c17-16(18,19)14-8-13(4-3-11(14)9-20)23-7-1-2-12(10-23)15-21-5-6-22-15/h3-6,8,12H,1-2,7,10H2,(H,21,22). The number of hydrogen-bond acceptors (Lipinski definition) is 3. The Kier molecular flexibility index (Phi) is 3.99. The molecule has 1 aromatic heterocycles. The van der Waals surface area contributed by atoms with Gasteiger partial charge in [0.2, 0.25) is 0 Å². The van der Waals surface area contributed by atoms with E-state index in [1.54, 1.807) is 24.5 Å². The number of piperidine rings is 1. The van der Waals surface area contributed by atoms with E-state index in [9.17, 15) is 13.2 Å². The molecule has 3 rings (SSSR count). The van der Waals surface area contributed by atoms with E-state index in [0.29, 0.717) is 18.8 Å². The van der Waals surface area contributed by atoms with E-state index in [2.05, 4.69) is 9.97 Å². The highest BCUT2D eigenvalue weighted by atomic mass is 19.4. The average Bonchev–Trinajstić information content (AvgIpc) is 3.08. The lowest BCUT2D eigenvalue weighted by molar-refractivity contribution is -0.137. The van der Waals surface area contributed by atoms with E-state index in [1.807, 2.05) is 4.90 Å². The molecule has 4 nitrogen and oxygen atoms in total. The summed E-state index contributed by atoms with van der Waals surface area (Å²) in [4.78, 5) is 9.24. The first-order valence-electron chi connectivity index (χ1n) is 7.34. The van der Waals surface area contributed by atoms with Crippen LogP contribution in [0.1, 0.15) is 35.7 Å². The predicted molar refractivity (Wildman–Crippen MR) is 78.9 cm³/mol. The van der Waals surface area contributed by atoms with Gasteiger partial charge in [-0.25, -0.2) is 4.98 Å². The van der Waals surface area contributed by atoms with Crippen molar-refractivity contribution in [3.63, 3.8) is 0 Å². The van der Waals surface area contributed by atoms with Crippen molar-refractivity contribution in [3.05, 3.63) is 47.5 Å². The lowest BCUT2D eigenvalue weighted by atomic mass is 9.96. The molecule has 7 heteroatoms. The molecule has 0 aliphatic carbocycles. The first-order valence-corrected chi connectivity index (χ1v) is 7.34. The van der Waals surface area contributed by atoms with Crippen molar-refractivity contribution in [2.24, 2.45) is 0 Å². The van der Waals surface area contributed by atoms with Gasteiger partial charge in [-0.15, -0.1) is 0 Å². The van der Waals surface area contributed by atoms with Crippen LogP contribution in [0.3, 0.4) is 0 Å². The van der Waals surface area contributed by atoms with Crippen molar-refractivity contribution in [2.75, 3.05) is 18.0 Å². The number of aromatic amines is 1. The first kappa shape index (κ1) is 15.4. The Bertz CT molecular complexity index is 716. The van der Waals surface area contributed by atoms with E-state index in [4.69, 9.17) is 5.26 Å². The summed E-state index contributed by atoms with van der Waals surface area (Å²) in [6, 6.07) is 5.51. The van der Waals surface area contributed by atoms with Gasteiger partial charge in [-0.2, -0.15) is 18.4 Å². The summed E-state index contributed by atoms with van der Waals surface area (Å²) in [5.41, 5.74) is -0.731. The van der Waals surface area contributed by atoms with Crippen LogP contribution in [0.4, 0.5) is 18.9 Å². The summed E-state index contributed by atoms with van der Waals surface area (Å²) in [7, 11) is 0. The Balaban J connectivity index is 1.88. The third-order valence-corrected chi connectivity index (χ3v) is 4.12. The van der Waals surface area contributed by atoms with Gasteiger partial charge in [0.25, 0.3) is 0 Å². The Morgan fingerprint density at radius 3 is 2.83 bits per heavy atom. The lowest BCUT2D eigenvalue weighted by Crippen LogP contribution is -2.35. The molecule has 1 atom stereocenters. The Labute approximate surface area is 131 Å². The summed E-state index contributed by atoms with van der Waals surface area (Å²) in [5, 5.41) is 8.87. The molecule has 1 unspecified atom stereocenters. The van der Waals surface area contributed by atoms with Crippen molar-refractivity contribution in [2.45, 2.75) is 24.9 Å². The number of nitrogens with zero attached hydrogens (tertiary/aromatic N) is 3. The van der Waals surface area contributed by atoms with Gasteiger partial charge >= 0.3 is 6.18 Å². The van der Waals surface area contributed by atoms with Gasteiger partial charge in [0.15, 0.2) is 0 Å². The number of nitrogens with one attached hydrogen (secondary N) is 1. The molecule has 0 saturated carbocycles. The van der Waals surface area contributed by atoms with Crippen LogP contribution in [0.5, 0.6) is 0 Å². The zero-order chi connectivity index (χ0) is 16.4. The molecule has 1 fully saturated rings. The van der Waals surface area contributed by atoms with E-state index in [1.165, 1.54) is 6.07 Å². The second-order valence-electron chi connectivity index (χ2n) is 5.60. The molecule has 0 bridgehead atoms. The SMILES string of the molecule is N#Cc1ccc(N2CCCC(c3ncc[nH]3)C2)cc1C(F)(F)F. The molecule has 23 heavy (non-hydrogen) atoms. The second kappa shape index (κ2) is 5.95. The minimum Gasteiger partial charge on any atom is -0.371 e. The number of anilines is 1. The Morgan fingerprint density at radius 1 is 1.35 bits per heavy atom. The molecular formula is C16H15F3N4. The van der Waals surface area contributed by atoms with Gasteiger partial charge in [-0.05, 0) is 31.0 Å². The highest BCUT2D eigenvalue weighted by Gasteiger charge is 2.34. The molecule has 0 amide bonds. The van der Waals surface area contributed by atoms with Gasteiger partial charge in [0, 0.05) is 37.1 Å². The van der Waals surface area contributed by atoms with E-state index in [0.717, 1.165) is 24.7 Å². The third-order valence-electron chi connectivity index (χ3n) is 4.12. The molecule has 1 aliphatic heterocycles. The maximum absolute atomic E-state index is 13.1. The summed E-state index contributed by atoms with van der Waals surface area (Å²) in [6.45, 7) is 1.30. The first-order chi connectivity index (χ1) is 11.0. The summed E-state index contributed by atoms with van der Waals surface area (Å²) in [5.74, 6) is 1.03. The van der Waals surface area contributed by atoms with Crippen molar-refractivity contribution in [1.82, 2.24) is 9.97 Å². The smallest absolute Gasteiger partial charge is 0.371 e. The Morgan fingerprint density at radius 2 is 2.17 bits per heavy atom. The highest BCUT2D eigenvalue weighted by molar-refractivity contribution is 5.55. The summed E-state index contributed by atoms with van der Waals surface area (Å²) in [6.07, 6.45) is 0.728. The zero-order valence-corrected chi connectivity index (χ0v) is 12.3. The van der Waals surface area contributed by atoms with Gasteiger partial charge < -0.3 is 9.88 Å². The number of nitriles is 1. The molecule has 120 valence electrons. The number of H-pyrrole nitrogens is 1. The number of alkyl halides is 3. The Hall–Kier alpha value is -2.49. The third kappa shape index (κ3) is 3.16. The number of hydrogen-bond donors (Lipinski definition) is 1. The van der Waals surface area contributed by atoms with Gasteiger partial charge in [-0.1, -0.05) is 0 Å². The average molecular weight is 320 g/mol. The topological polar surface area (TPSA) is 55.7 Å². The van der Waals surface area contributed by atoms with Crippen LogP contribution >= 0.6 is 0 Å². The van der Waals surface area contributed by atoms with Crippen LogP contribution in [-0.4, -0.2) is 23.1 Å². The zero-order valence-electron chi connectivity index (χ0n) is 12.3. The monoisotopic (exact) mass is 320 g/mol. The van der Waals surface area contributed by atoms with Crippen LogP contribution < -0.4 is 4.90 Å². The molecular weight excluding hydrogens is 305 g/mol. The van der Waals surface area contributed by atoms with Crippen LogP contribution in [0.15, 0.2) is 30.6 Å². The predicted octanol–water partition coefficient (Wildman–Crippen LogP) is 3.68.